The van der Waals surface area contributed by atoms with Gasteiger partial charge in [0.15, 0.2) is 0 Å². The van der Waals surface area contributed by atoms with Crippen LogP contribution in [0.4, 0.5) is 0 Å². The topological polar surface area (TPSA) is 54.3 Å². The third-order valence-corrected chi connectivity index (χ3v) is 2.99. The Morgan fingerprint density at radius 3 is 3.19 bits per heavy atom. The zero-order chi connectivity index (χ0) is 11.4. The van der Waals surface area contributed by atoms with Crippen LogP contribution in [0.25, 0.3) is 0 Å². The van der Waals surface area contributed by atoms with E-state index in [1.54, 1.807) is 6.07 Å². The van der Waals surface area contributed by atoms with Gasteiger partial charge in [0.1, 0.15) is 12.0 Å². The highest BCUT2D eigenvalue weighted by molar-refractivity contribution is 5.93. The molecule has 88 valence electrons. The molecule has 1 fully saturated rings. The van der Waals surface area contributed by atoms with Gasteiger partial charge in [-0.15, -0.1) is 0 Å². The summed E-state index contributed by atoms with van der Waals surface area (Å²) in [6.07, 6.45) is 3.78. The van der Waals surface area contributed by atoms with E-state index in [1.807, 2.05) is 6.92 Å². The Labute approximate surface area is 95.4 Å². The molecule has 0 bridgehead atoms. The van der Waals surface area contributed by atoms with Gasteiger partial charge in [-0.2, -0.15) is 0 Å². The molecular formula is C12H18N2O2. The van der Waals surface area contributed by atoms with Crippen molar-refractivity contribution in [2.45, 2.75) is 19.8 Å². The molecule has 2 rings (SSSR count). The van der Waals surface area contributed by atoms with Crippen molar-refractivity contribution < 1.29 is 9.21 Å². The Balaban J connectivity index is 1.71. The van der Waals surface area contributed by atoms with Gasteiger partial charge in [-0.25, -0.2) is 0 Å². The van der Waals surface area contributed by atoms with E-state index < -0.39 is 0 Å². The number of carbonyl (C=O) groups is 1. The second kappa shape index (κ2) is 5.16. The molecule has 1 unspecified atom stereocenters. The maximum absolute atomic E-state index is 11.6. The molecule has 2 N–H and O–H groups in total. The van der Waals surface area contributed by atoms with Crippen LogP contribution in [0.15, 0.2) is 16.7 Å². The first-order chi connectivity index (χ1) is 7.75. The lowest BCUT2D eigenvalue weighted by Crippen LogP contribution is -2.26. The lowest BCUT2D eigenvalue weighted by Gasteiger charge is -2.08. The van der Waals surface area contributed by atoms with Crippen LogP contribution in [0, 0.1) is 12.8 Å². The number of hydrogen-bond acceptors (Lipinski definition) is 3. The van der Waals surface area contributed by atoms with Crippen LogP contribution in [0.2, 0.25) is 0 Å². The fourth-order valence-corrected chi connectivity index (χ4v) is 2.02. The van der Waals surface area contributed by atoms with E-state index in [0.717, 1.165) is 31.8 Å². The smallest absolute Gasteiger partial charge is 0.254 e. The lowest BCUT2D eigenvalue weighted by atomic mass is 10.1. The third kappa shape index (κ3) is 2.85. The minimum atomic E-state index is -0.0391. The average Bonchev–Trinajstić information content (AvgIpc) is 2.89. The molecule has 0 radical (unpaired) electrons. The lowest BCUT2D eigenvalue weighted by molar-refractivity contribution is 0.0951. The average molecular weight is 222 g/mol. The SMILES string of the molecule is Cc1cc(C(=O)NCCC2CCNC2)co1. The van der Waals surface area contributed by atoms with Crippen molar-refractivity contribution in [2.75, 3.05) is 19.6 Å². The zero-order valence-electron chi connectivity index (χ0n) is 9.58. The van der Waals surface area contributed by atoms with E-state index in [9.17, 15) is 4.79 Å². The Kier molecular flexibility index (Phi) is 3.62. The van der Waals surface area contributed by atoms with Gasteiger partial charge >= 0.3 is 0 Å². The predicted octanol–water partition coefficient (Wildman–Crippen LogP) is 1.32. The second-order valence-corrected chi connectivity index (χ2v) is 4.35. The molecule has 4 heteroatoms. The van der Waals surface area contributed by atoms with Crippen molar-refractivity contribution in [1.82, 2.24) is 10.6 Å². The van der Waals surface area contributed by atoms with E-state index in [2.05, 4.69) is 10.6 Å². The van der Waals surface area contributed by atoms with Gasteiger partial charge in [0.25, 0.3) is 5.91 Å². The molecule has 0 saturated carbocycles. The van der Waals surface area contributed by atoms with Crippen molar-refractivity contribution in [1.29, 1.82) is 0 Å². The molecular weight excluding hydrogens is 204 g/mol. The normalized spacial score (nSPS) is 19.9. The van der Waals surface area contributed by atoms with Crippen LogP contribution in [0.3, 0.4) is 0 Å². The Morgan fingerprint density at radius 2 is 2.56 bits per heavy atom. The molecule has 0 aliphatic carbocycles. The molecule has 0 spiro atoms. The zero-order valence-corrected chi connectivity index (χ0v) is 9.58. The molecule has 2 heterocycles. The maximum atomic E-state index is 11.6. The third-order valence-electron chi connectivity index (χ3n) is 2.99. The molecule has 16 heavy (non-hydrogen) atoms. The molecule has 1 aliphatic heterocycles. The highest BCUT2D eigenvalue weighted by Gasteiger charge is 2.14. The van der Waals surface area contributed by atoms with Crippen molar-refractivity contribution in [3.8, 4) is 0 Å². The fraction of sp³-hybridized carbons (Fsp3) is 0.583. The van der Waals surface area contributed by atoms with Gasteiger partial charge in [-0.1, -0.05) is 0 Å². The van der Waals surface area contributed by atoms with Gasteiger partial charge in [0, 0.05) is 6.54 Å². The number of aryl methyl sites for hydroxylation is 1. The van der Waals surface area contributed by atoms with E-state index in [1.165, 1.54) is 12.7 Å². The van der Waals surface area contributed by atoms with Crippen LogP contribution in [-0.2, 0) is 0 Å². The van der Waals surface area contributed by atoms with Crippen LogP contribution in [0.5, 0.6) is 0 Å². The summed E-state index contributed by atoms with van der Waals surface area (Å²) in [5, 5.41) is 6.23. The first-order valence-corrected chi connectivity index (χ1v) is 5.80. The molecule has 1 amide bonds. The van der Waals surface area contributed by atoms with E-state index in [-0.39, 0.29) is 5.91 Å². The molecule has 1 saturated heterocycles. The van der Waals surface area contributed by atoms with Crippen molar-refractivity contribution in [3.05, 3.63) is 23.7 Å². The number of carbonyl (C=O) groups excluding carboxylic acids is 1. The van der Waals surface area contributed by atoms with Crippen LogP contribution in [0.1, 0.15) is 29.0 Å². The van der Waals surface area contributed by atoms with E-state index >= 15 is 0 Å². The number of hydrogen-bond donors (Lipinski definition) is 2. The second-order valence-electron chi connectivity index (χ2n) is 4.35. The number of furan rings is 1. The molecule has 1 aromatic heterocycles. The number of rotatable bonds is 4. The fourth-order valence-electron chi connectivity index (χ4n) is 2.02. The number of amides is 1. The summed E-state index contributed by atoms with van der Waals surface area (Å²) >= 11 is 0. The van der Waals surface area contributed by atoms with Gasteiger partial charge in [-0.05, 0) is 44.8 Å². The summed E-state index contributed by atoms with van der Waals surface area (Å²) in [4.78, 5) is 11.6. The van der Waals surface area contributed by atoms with Crippen LogP contribution in [-0.4, -0.2) is 25.5 Å². The summed E-state index contributed by atoms with van der Waals surface area (Å²) < 4.78 is 5.09. The predicted molar refractivity (Wildman–Crippen MR) is 61.4 cm³/mol. The number of nitrogens with one attached hydrogen (secondary N) is 2. The monoisotopic (exact) mass is 222 g/mol. The van der Waals surface area contributed by atoms with Gasteiger partial charge in [0.2, 0.25) is 0 Å². The minimum absolute atomic E-state index is 0.0391. The van der Waals surface area contributed by atoms with Gasteiger partial charge in [0.05, 0.1) is 5.56 Å². The first-order valence-electron chi connectivity index (χ1n) is 5.80. The summed E-state index contributed by atoms with van der Waals surface area (Å²) in [6, 6.07) is 1.76. The Hall–Kier alpha value is -1.29. The van der Waals surface area contributed by atoms with Crippen molar-refractivity contribution >= 4 is 5.91 Å². The quantitative estimate of drug-likeness (QED) is 0.807. The maximum Gasteiger partial charge on any atom is 0.254 e. The molecule has 1 aliphatic rings. The minimum Gasteiger partial charge on any atom is -0.469 e. The largest absolute Gasteiger partial charge is 0.469 e. The van der Waals surface area contributed by atoms with E-state index in [0.29, 0.717) is 11.5 Å². The summed E-state index contributed by atoms with van der Waals surface area (Å²) in [6.45, 7) is 4.77. The van der Waals surface area contributed by atoms with Crippen LogP contribution >= 0.6 is 0 Å². The molecule has 1 aromatic rings. The molecule has 0 aromatic carbocycles. The van der Waals surface area contributed by atoms with E-state index in [4.69, 9.17) is 4.42 Å². The Bertz CT molecular complexity index is 354. The standard InChI is InChI=1S/C12H18N2O2/c1-9-6-11(8-16-9)12(15)14-5-3-10-2-4-13-7-10/h6,8,10,13H,2-5,7H2,1H3,(H,14,15). The van der Waals surface area contributed by atoms with Gasteiger partial charge in [-0.3, -0.25) is 4.79 Å². The summed E-state index contributed by atoms with van der Waals surface area (Å²) in [5.74, 6) is 1.44. The highest BCUT2D eigenvalue weighted by atomic mass is 16.3. The van der Waals surface area contributed by atoms with Crippen molar-refractivity contribution in [2.24, 2.45) is 5.92 Å². The van der Waals surface area contributed by atoms with Crippen LogP contribution < -0.4 is 10.6 Å². The van der Waals surface area contributed by atoms with Crippen molar-refractivity contribution in [3.63, 3.8) is 0 Å². The Morgan fingerprint density at radius 1 is 1.69 bits per heavy atom. The summed E-state index contributed by atoms with van der Waals surface area (Å²) in [5.41, 5.74) is 0.613. The summed E-state index contributed by atoms with van der Waals surface area (Å²) in [7, 11) is 0. The molecule has 4 nitrogen and oxygen atoms in total. The highest BCUT2D eigenvalue weighted by Crippen LogP contribution is 2.11. The first kappa shape index (κ1) is 11.2. The molecule has 1 atom stereocenters. The van der Waals surface area contributed by atoms with Gasteiger partial charge < -0.3 is 15.1 Å².